The van der Waals surface area contributed by atoms with Crippen molar-refractivity contribution in [1.29, 1.82) is 0 Å². The van der Waals surface area contributed by atoms with E-state index in [1.54, 1.807) is 0 Å². The first kappa shape index (κ1) is 14.6. The predicted octanol–water partition coefficient (Wildman–Crippen LogP) is 0.474. The highest BCUT2D eigenvalue weighted by molar-refractivity contribution is 5.86. The minimum absolute atomic E-state index is 0.0760. The third-order valence-corrected chi connectivity index (χ3v) is 1.81. The molecule has 6 heteroatoms. The van der Waals surface area contributed by atoms with Gasteiger partial charge >= 0.3 is 17.9 Å². The number of esters is 2. The Bertz CT molecular complexity index is 248. The Morgan fingerprint density at radius 1 is 0.875 bits per heavy atom. The lowest BCUT2D eigenvalue weighted by Crippen LogP contribution is -2.13. The van der Waals surface area contributed by atoms with E-state index in [0.717, 1.165) is 0 Å². The molecule has 0 aromatic rings. The molecular formula is C10H16O6. The predicted molar refractivity (Wildman–Crippen MR) is 53.5 cm³/mol. The number of carbonyl (C=O) groups excluding carboxylic acids is 2. The summed E-state index contributed by atoms with van der Waals surface area (Å²) in [6, 6.07) is 0. The van der Waals surface area contributed by atoms with Crippen LogP contribution in [-0.4, -0.2) is 34.7 Å². The van der Waals surface area contributed by atoms with Gasteiger partial charge in [-0.15, -0.1) is 0 Å². The van der Waals surface area contributed by atoms with Crippen LogP contribution in [0.4, 0.5) is 0 Å². The van der Waals surface area contributed by atoms with Crippen LogP contribution in [0.1, 0.15) is 38.5 Å². The molecule has 0 aliphatic heterocycles. The van der Waals surface area contributed by atoms with Gasteiger partial charge in [-0.05, 0) is 12.8 Å². The molecule has 0 bridgehead atoms. The molecular weight excluding hydrogens is 216 g/mol. The number of aliphatic hydroxyl groups is 1. The van der Waals surface area contributed by atoms with Gasteiger partial charge in [0.1, 0.15) is 0 Å². The molecule has 92 valence electrons. The lowest BCUT2D eigenvalue weighted by molar-refractivity contribution is -0.161. The fraction of sp³-hybridized carbons (Fsp3) is 0.700. The van der Waals surface area contributed by atoms with E-state index in [4.69, 9.17) is 10.2 Å². The zero-order chi connectivity index (χ0) is 12.4. The van der Waals surface area contributed by atoms with Crippen molar-refractivity contribution in [3.8, 4) is 0 Å². The van der Waals surface area contributed by atoms with Crippen LogP contribution >= 0.6 is 0 Å². The average Bonchev–Trinajstić information content (AvgIpc) is 2.21. The van der Waals surface area contributed by atoms with Gasteiger partial charge in [-0.1, -0.05) is 6.42 Å². The van der Waals surface area contributed by atoms with Crippen LogP contribution in [0.5, 0.6) is 0 Å². The maximum absolute atomic E-state index is 11.0. The Morgan fingerprint density at radius 2 is 1.50 bits per heavy atom. The van der Waals surface area contributed by atoms with Gasteiger partial charge < -0.3 is 14.9 Å². The largest absolute Gasteiger partial charge is 0.481 e. The molecule has 0 aliphatic rings. The highest BCUT2D eigenvalue weighted by Crippen LogP contribution is 2.02. The number of rotatable bonds is 8. The monoisotopic (exact) mass is 232 g/mol. The fourth-order valence-corrected chi connectivity index (χ4v) is 0.996. The Morgan fingerprint density at radius 3 is 2.06 bits per heavy atom. The standard InChI is InChI=1S/C10H16O6/c11-7-3-1-2-4-9(14)16-10(15)6-5-8(12)13/h11H,1-7H2,(H,12,13). The molecule has 0 aliphatic carbocycles. The molecule has 0 amide bonds. The smallest absolute Gasteiger partial charge is 0.314 e. The second-order valence-corrected chi connectivity index (χ2v) is 3.27. The van der Waals surface area contributed by atoms with E-state index in [2.05, 4.69) is 4.74 Å². The van der Waals surface area contributed by atoms with Gasteiger partial charge in [-0.3, -0.25) is 14.4 Å². The third-order valence-electron chi connectivity index (χ3n) is 1.81. The first-order chi connectivity index (χ1) is 7.56. The lowest BCUT2D eigenvalue weighted by Gasteiger charge is -2.01. The summed E-state index contributed by atoms with van der Waals surface area (Å²) in [5, 5.41) is 16.8. The molecule has 2 N–H and O–H groups in total. The van der Waals surface area contributed by atoms with E-state index in [0.29, 0.717) is 19.3 Å². The Hall–Kier alpha value is -1.43. The van der Waals surface area contributed by atoms with E-state index in [9.17, 15) is 14.4 Å². The molecule has 0 aromatic carbocycles. The molecule has 0 aromatic heterocycles. The minimum Gasteiger partial charge on any atom is -0.481 e. The summed E-state index contributed by atoms with van der Waals surface area (Å²) in [7, 11) is 0. The Kier molecular flexibility index (Phi) is 8.05. The van der Waals surface area contributed by atoms with Crippen molar-refractivity contribution in [2.24, 2.45) is 0 Å². The maximum Gasteiger partial charge on any atom is 0.314 e. The molecule has 0 fully saturated rings. The van der Waals surface area contributed by atoms with Crippen molar-refractivity contribution in [1.82, 2.24) is 0 Å². The van der Waals surface area contributed by atoms with Crippen LogP contribution < -0.4 is 0 Å². The number of hydrogen-bond donors (Lipinski definition) is 2. The fourth-order valence-electron chi connectivity index (χ4n) is 0.996. The zero-order valence-corrected chi connectivity index (χ0v) is 8.98. The molecule has 16 heavy (non-hydrogen) atoms. The number of carboxylic acid groups (broad SMARTS) is 1. The minimum atomic E-state index is -1.10. The van der Waals surface area contributed by atoms with Gasteiger partial charge in [0.15, 0.2) is 0 Å². The molecule has 0 rings (SSSR count). The second kappa shape index (κ2) is 8.84. The number of unbranched alkanes of at least 4 members (excludes halogenated alkanes) is 2. The highest BCUT2D eigenvalue weighted by Gasteiger charge is 2.11. The number of carbonyl (C=O) groups is 3. The molecule has 0 saturated heterocycles. The number of aliphatic hydroxyl groups excluding tert-OH is 1. The molecule has 0 radical (unpaired) electrons. The highest BCUT2D eigenvalue weighted by atomic mass is 16.6. The van der Waals surface area contributed by atoms with Gasteiger partial charge in [-0.25, -0.2) is 0 Å². The summed E-state index contributed by atoms with van der Waals surface area (Å²) in [4.78, 5) is 32.0. The molecule has 0 unspecified atom stereocenters. The summed E-state index contributed by atoms with van der Waals surface area (Å²) in [6.07, 6.45) is 1.33. The van der Waals surface area contributed by atoms with Crippen LogP contribution in [0.3, 0.4) is 0 Å². The van der Waals surface area contributed by atoms with Gasteiger partial charge in [0.2, 0.25) is 0 Å². The average molecular weight is 232 g/mol. The number of aliphatic carboxylic acids is 1. The van der Waals surface area contributed by atoms with Crippen LogP contribution in [-0.2, 0) is 19.1 Å². The SMILES string of the molecule is O=C(O)CCC(=O)OC(=O)CCCCCO. The molecule has 0 atom stereocenters. The normalized spacial score (nSPS) is 9.81. The quantitative estimate of drug-likeness (QED) is 0.358. The topological polar surface area (TPSA) is 101 Å². The van der Waals surface area contributed by atoms with E-state index >= 15 is 0 Å². The lowest BCUT2D eigenvalue weighted by atomic mass is 10.2. The second-order valence-electron chi connectivity index (χ2n) is 3.27. The van der Waals surface area contributed by atoms with Crippen LogP contribution in [0, 0.1) is 0 Å². The van der Waals surface area contributed by atoms with Crippen molar-refractivity contribution < 1.29 is 29.3 Å². The summed E-state index contributed by atoms with van der Waals surface area (Å²) in [5.74, 6) is -2.56. The van der Waals surface area contributed by atoms with Crippen molar-refractivity contribution in [2.45, 2.75) is 38.5 Å². The Labute approximate surface area is 93.2 Å². The summed E-state index contributed by atoms with van der Waals surface area (Å²) in [5.41, 5.74) is 0. The Balaban J connectivity index is 3.54. The summed E-state index contributed by atoms with van der Waals surface area (Å²) >= 11 is 0. The first-order valence-electron chi connectivity index (χ1n) is 5.12. The molecule has 0 spiro atoms. The van der Waals surface area contributed by atoms with Gasteiger partial charge in [0.05, 0.1) is 12.8 Å². The van der Waals surface area contributed by atoms with Gasteiger partial charge in [0.25, 0.3) is 0 Å². The molecule has 6 nitrogen and oxygen atoms in total. The van der Waals surface area contributed by atoms with E-state index in [1.807, 2.05) is 0 Å². The van der Waals surface area contributed by atoms with Crippen LogP contribution in [0.2, 0.25) is 0 Å². The van der Waals surface area contributed by atoms with Crippen LogP contribution in [0.25, 0.3) is 0 Å². The first-order valence-corrected chi connectivity index (χ1v) is 5.12. The van der Waals surface area contributed by atoms with Crippen molar-refractivity contribution in [3.05, 3.63) is 0 Å². The van der Waals surface area contributed by atoms with E-state index in [-0.39, 0.29) is 25.9 Å². The zero-order valence-electron chi connectivity index (χ0n) is 8.98. The summed E-state index contributed by atoms with van der Waals surface area (Å²) in [6.45, 7) is 0.0760. The van der Waals surface area contributed by atoms with Crippen molar-refractivity contribution in [3.63, 3.8) is 0 Å². The number of ether oxygens (including phenoxy) is 1. The maximum atomic E-state index is 11.0. The third kappa shape index (κ3) is 9.14. The van der Waals surface area contributed by atoms with Gasteiger partial charge in [0, 0.05) is 13.0 Å². The number of hydrogen-bond acceptors (Lipinski definition) is 5. The number of carboxylic acids is 1. The molecule has 0 heterocycles. The van der Waals surface area contributed by atoms with Crippen LogP contribution in [0.15, 0.2) is 0 Å². The van der Waals surface area contributed by atoms with E-state index < -0.39 is 17.9 Å². The van der Waals surface area contributed by atoms with Gasteiger partial charge in [-0.2, -0.15) is 0 Å². The van der Waals surface area contributed by atoms with Crippen molar-refractivity contribution >= 4 is 17.9 Å². The molecule has 0 saturated carbocycles. The van der Waals surface area contributed by atoms with Crippen molar-refractivity contribution in [2.75, 3.05) is 6.61 Å². The summed E-state index contributed by atoms with van der Waals surface area (Å²) < 4.78 is 4.38. The van der Waals surface area contributed by atoms with E-state index in [1.165, 1.54) is 0 Å².